The summed E-state index contributed by atoms with van der Waals surface area (Å²) >= 11 is 0. The maximum absolute atomic E-state index is 12.5. The Balaban J connectivity index is 2.11. The first-order valence-electron chi connectivity index (χ1n) is 7.60. The quantitative estimate of drug-likeness (QED) is 0.814. The monoisotopic (exact) mass is 355 g/mol. The van der Waals surface area contributed by atoms with Gasteiger partial charge in [0.1, 0.15) is 0 Å². The molecule has 1 saturated heterocycles. The molecule has 0 aromatic heterocycles. The van der Waals surface area contributed by atoms with Gasteiger partial charge in [-0.25, -0.2) is 8.42 Å². The topological polar surface area (TPSA) is 101 Å². The molecule has 0 spiro atoms. The molecule has 0 bridgehead atoms. The number of aliphatic carboxylic acids is 1. The maximum atomic E-state index is 12.5. The number of benzene rings is 1. The van der Waals surface area contributed by atoms with Gasteiger partial charge in [0, 0.05) is 25.8 Å². The number of hydrogen-bond donors (Lipinski definition) is 1. The second-order valence-corrected chi connectivity index (χ2v) is 8.08. The van der Waals surface area contributed by atoms with Gasteiger partial charge in [0.15, 0.2) is 9.84 Å². The number of carboxylic acid groups (broad SMARTS) is 1. The summed E-state index contributed by atoms with van der Waals surface area (Å²) in [6.45, 7) is 2.45. The van der Waals surface area contributed by atoms with Crippen LogP contribution in [0.1, 0.15) is 17.3 Å². The second-order valence-electron chi connectivity index (χ2n) is 5.97. The maximum Gasteiger partial charge on any atom is 0.308 e. The van der Waals surface area contributed by atoms with Crippen LogP contribution in [0.25, 0.3) is 0 Å². The van der Waals surface area contributed by atoms with Crippen molar-refractivity contribution in [2.75, 3.05) is 32.6 Å². The molecule has 2 rings (SSSR count). The highest BCUT2D eigenvalue weighted by Crippen LogP contribution is 2.25. The molecule has 0 aliphatic carbocycles. The molecule has 1 aliphatic heterocycles. The van der Waals surface area contributed by atoms with Crippen LogP contribution in [0.2, 0.25) is 0 Å². The third kappa shape index (κ3) is 3.93. The van der Waals surface area contributed by atoms with Gasteiger partial charge in [0.2, 0.25) is 0 Å². The number of sulfone groups is 1. The summed E-state index contributed by atoms with van der Waals surface area (Å²) < 4.78 is 28.9. The van der Waals surface area contributed by atoms with E-state index in [9.17, 15) is 18.0 Å². The Kier molecular flexibility index (Phi) is 5.61. The standard InChI is InChI=1S/C16H21NO6S/c1-11-9-17(10-14(11)16(19)20)15(18)12-3-5-13(6-4-12)24(21,22)8-7-23-2/h3-6,11,14H,7-10H2,1-2H3,(H,19,20)/t11-,14-/m1/s1. The molecule has 2 atom stereocenters. The fourth-order valence-corrected chi connectivity index (χ4v) is 3.92. The molecule has 1 amide bonds. The second kappa shape index (κ2) is 7.31. The lowest BCUT2D eigenvalue weighted by Gasteiger charge is -2.16. The summed E-state index contributed by atoms with van der Waals surface area (Å²) in [5.74, 6) is -1.99. The fourth-order valence-electron chi connectivity index (χ4n) is 2.75. The first-order valence-corrected chi connectivity index (χ1v) is 9.25. The van der Waals surface area contributed by atoms with Gasteiger partial charge in [-0.3, -0.25) is 9.59 Å². The first kappa shape index (κ1) is 18.4. The summed E-state index contributed by atoms with van der Waals surface area (Å²) in [5.41, 5.74) is 0.346. The zero-order valence-corrected chi connectivity index (χ0v) is 14.5. The Morgan fingerprint density at radius 2 is 1.88 bits per heavy atom. The average Bonchev–Trinajstić information content (AvgIpc) is 2.94. The Morgan fingerprint density at radius 3 is 2.38 bits per heavy atom. The van der Waals surface area contributed by atoms with Crippen LogP contribution in [0.3, 0.4) is 0 Å². The van der Waals surface area contributed by atoms with Crippen LogP contribution in [-0.2, 0) is 19.4 Å². The SMILES string of the molecule is COCCS(=O)(=O)c1ccc(C(=O)N2C[C@@H](C)[C@H](C(=O)O)C2)cc1. The molecule has 132 valence electrons. The molecule has 24 heavy (non-hydrogen) atoms. The molecule has 0 unspecified atom stereocenters. The number of carboxylic acids is 1. The minimum atomic E-state index is -3.44. The molecule has 1 aromatic carbocycles. The van der Waals surface area contributed by atoms with Gasteiger partial charge in [-0.05, 0) is 30.2 Å². The smallest absolute Gasteiger partial charge is 0.308 e. The molecule has 0 saturated carbocycles. The molecule has 7 nitrogen and oxygen atoms in total. The predicted octanol–water partition coefficient (Wildman–Crippen LogP) is 0.899. The fraction of sp³-hybridized carbons (Fsp3) is 0.500. The lowest BCUT2D eigenvalue weighted by Crippen LogP contribution is -2.29. The highest BCUT2D eigenvalue weighted by Gasteiger charge is 2.37. The van der Waals surface area contributed by atoms with E-state index in [1.807, 2.05) is 0 Å². The summed E-state index contributed by atoms with van der Waals surface area (Å²) in [6.07, 6.45) is 0. The highest BCUT2D eigenvalue weighted by molar-refractivity contribution is 7.91. The van der Waals surface area contributed by atoms with Crippen molar-refractivity contribution in [3.63, 3.8) is 0 Å². The molecular weight excluding hydrogens is 334 g/mol. The van der Waals surface area contributed by atoms with Crippen LogP contribution in [0.15, 0.2) is 29.2 Å². The predicted molar refractivity (Wildman–Crippen MR) is 86.6 cm³/mol. The van der Waals surface area contributed by atoms with Crippen molar-refractivity contribution in [3.8, 4) is 0 Å². The molecule has 1 aromatic rings. The third-order valence-corrected chi connectivity index (χ3v) is 5.93. The van der Waals surface area contributed by atoms with Gasteiger partial charge in [0.25, 0.3) is 5.91 Å². The van der Waals surface area contributed by atoms with Gasteiger partial charge in [0.05, 0.1) is 23.2 Å². The first-order chi connectivity index (χ1) is 11.3. The molecule has 0 radical (unpaired) electrons. The molecule has 8 heteroatoms. The van der Waals surface area contributed by atoms with Crippen LogP contribution in [0.4, 0.5) is 0 Å². The van der Waals surface area contributed by atoms with Gasteiger partial charge >= 0.3 is 5.97 Å². The number of hydrogen-bond acceptors (Lipinski definition) is 5. The van der Waals surface area contributed by atoms with Crippen LogP contribution in [-0.4, -0.2) is 62.9 Å². The summed E-state index contributed by atoms with van der Waals surface area (Å²) in [5, 5.41) is 9.14. The van der Waals surface area contributed by atoms with E-state index in [4.69, 9.17) is 9.84 Å². The minimum Gasteiger partial charge on any atom is -0.481 e. The van der Waals surface area contributed by atoms with Crippen molar-refractivity contribution in [2.45, 2.75) is 11.8 Å². The van der Waals surface area contributed by atoms with E-state index >= 15 is 0 Å². The Morgan fingerprint density at radius 1 is 1.25 bits per heavy atom. The van der Waals surface area contributed by atoms with E-state index in [1.54, 1.807) is 6.92 Å². The Bertz CT molecular complexity index is 713. The van der Waals surface area contributed by atoms with Gasteiger partial charge in [-0.2, -0.15) is 0 Å². The highest BCUT2D eigenvalue weighted by atomic mass is 32.2. The van der Waals surface area contributed by atoms with Crippen molar-refractivity contribution in [3.05, 3.63) is 29.8 Å². The zero-order valence-electron chi connectivity index (χ0n) is 13.6. The van der Waals surface area contributed by atoms with E-state index in [0.717, 1.165) is 0 Å². The number of likely N-dealkylation sites (tertiary alicyclic amines) is 1. The lowest BCUT2D eigenvalue weighted by molar-refractivity contribution is -0.142. The molecule has 1 heterocycles. The van der Waals surface area contributed by atoms with Crippen LogP contribution >= 0.6 is 0 Å². The van der Waals surface area contributed by atoms with E-state index in [-0.39, 0.29) is 35.6 Å². The molecule has 1 N–H and O–H groups in total. The van der Waals surface area contributed by atoms with E-state index in [0.29, 0.717) is 12.1 Å². The summed E-state index contributed by atoms with van der Waals surface area (Å²) in [7, 11) is -2.01. The number of methoxy groups -OCH3 is 1. The minimum absolute atomic E-state index is 0.102. The zero-order chi connectivity index (χ0) is 17.9. The van der Waals surface area contributed by atoms with Crippen molar-refractivity contribution in [1.82, 2.24) is 4.90 Å². The van der Waals surface area contributed by atoms with E-state index in [1.165, 1.54) is 36.3 Å². The Labute approximate surface area is 141 Å². The number of rotatable bonds is 6. The molecule has 1 aliphatic rings. The van der Waals surface area contributed by atoms with Gasteiger partial charge < -0.3 is 14.7 Å². The van der Waals surface area contributed by atoms with E-state index < -0.39 is 21.7 Å². The number of carbonyl (C=O) groups excluding carboxylic acids is 1. The molecular formula is C16H21NO6S. The summed E-state index contributed by atoms with van der Waals surface area (Å²) in [4.78, 5) is 25.2. The normalized spacial score (nSPS) is 21.0. The summed E-state index contributed by atoms with van der Waals surface area (Å²) in [6, 6.07) is 5.71. The van der Waals surface area contributed by atoms with Crippen molar-refractivity contribution in [2.24, 2.45) is 11.8 Å². The lowest BCUT2D eigenvalue weighted by atomic mass is 9.99. The number of carbonyl (C=O) groups is 2. The van der Waals surface area contributed by atoms with Crippen LogP contribution in [0, 0.1) is 11.8 Å². The van der Waals surface area contributed by atoms with Crippen LogP contribution in [0.5, 0.6) is 0 Å². The van der Waals surface area contributed by atoms with Crippen LogP contribution < -0.4 is 0 Å². The Hall–Kier alpha value is -1.93. The van der Waals surface area contributed by atoms with Crippen molar-refractivity contribution < 1.29 is 27.9 Å². The van der Waals surface area contributed by atoms with Crippen molar-refractivity contribution in [1.29, 1.82) is 0 Å². The largest absolute Gasteiger partial charge is 0.481 e. The number of ether oxygens (including phenoxy) is 1. The third-order valence-electron chi connectivity index (χ3n) is 4.23. The van der Waals surface area contributed by atoms with Crippen molar-refractivity contribution >= 4 is 21.7 Å². The number of amides is 1. The average molecular weight is 355 g/mol. The number of nitrogens with zero attached hydrogens (tertiary/aromatic N) is 1. The van der Waals surface area contributed by atoms with Gasteiger partial charge in [-0.15, -0.1) is 0 Å². The van der Waals surface area contributed by atoms with E-state index in [2.05, 4.69) is 0 Å². The molecule has 1 fully saturated rings. The van der Waals surface area contributed by atoms with Gasteiger partial charge in [-0.1, -0.05) is 6.92 Å².